The van der Waals surface area contributed by atoms with Crippen LogP contribution in [0.1, 0.15) is 13.8 Å². The van der Waals surface area contributed by atoms with Crippen LogP contribution in [0.25, 0.3) is 0 Å². The maximum absolute atomic E-state index is 12.2. The lowest BCUT2D eigenvalue weighted by Crippen LogP contribution is -2.48. The van der Waals surface area contributed by atoms with Crippen LogP contribution in [0, 0.1) is 5.92 Å². The summed E-state index contributed by atoms with van der Waals surface area (Å²) in [5, 5.41) is 2.91. The summed E-state index contributed by atoms with van der Waals surface area (Å²) in [6.45, 7) is 6.12. The van der Waals surface area contributed by atoms with Crippen LogP contribution in [-0.4, -0.2) is 36.7 Å². The molecule has 0 saturated carbocycles. The molecule has 0 aliphatic carbocycles. The third kappa shape index (κ3) is 3.94. The quantitative estimate of drug-likeness (QED) is 0.905. The van der Waals surface area contributed by atoms with Gasteiger partial charge in [-0.25, -0.2) is 4.79 Å². The van der Waals surface area contributed by atoms with Gasteiger partial charge >= 0.3 is 6.03 Å². The Labute approximate surface area is 122 Å². The van der Waals surface area contributed by atoms with Crippen LogP contribution in [0.2, 0.25) is 0 Å². The zero-order chi connectivity index (χ0) is 13.8. The number of nitrogens with zero attached hydrogens (tertiary/aromatic N) is 1. The molecule has 1 aliphatic heterocycles. The van der Waals surface area contributed by atoms with E-state index in [-0.39, 0.29) is 12.1 Å². The van der Waals surface area contributed by atoms with Gasteiger partial charge in [0.1, 0.15) is 0 Å². The van der Waals surface area contributed by atoms with Gasteiger partial charge in [-0.05, 0) is 24.1 Å². The first kappa shape index (κ1) is 14.3. The Morgan fingerprint density at radius 3 is 3.00 bits per heavy atom. The molecule has 2 rings (SSSR count). The first-order valence-corrected chi connectivity index (χ1v) is 7.28. The fourth-order valence-corrected chi connectivity index (χ4v) is 2.43. The number of urea groups is 1. The van der Waals surface area contributed by atoms with Crippen LogP contribution in [0.5, 0.6) is 0 Å². The first-order chi connectivity index (χ1) is 9.06. The van der Waals surface area contributed by atoms with Gasteiger partial charge in [0.05, 0.1) is 12.7 Å². The number of rotatable bonds is 2. The molecule has 1 aromatic rings. The summed E-state index contributed by atoms with van der Waals surface area (Å²) in [4.78, 5) is 14.0. The van der Waals surface area contributed by atoms with Crippen molar-refractivity contribution in [2.75, 3.05) is 25.0 Å². The summed E-state index contributed by atoms with van der Waals surface area (Å²) >= 11 is 3.39. The summed E-state index contributed by atoms with van der Waals surface area (Å²) in [5.74, 6) is 0.418. The summed E-state index contributed by atoms with van der Waals surface area (Å²) in [7, 11) is 0. The second-order valence-electron chi connectivity index (χ2n) is 5.04. The van der Waals surface area contributed by atoms with E-state index in [1.54, 1.807) is 0 Å². The third-order valence-electron chi connectivity index (χ3n) is 3.20. The minimum Gasteiger partial charge on any atom is -0.374 e. The SMILES string of the molecule is CC(C)C1CN(C(=O)Nc2cccc(Br)c2)CCO1. The maximum Gasteiger partial charge on any atom is 0.322 e. The van der Waals surface area contributed by atoms with E-state index >= 15 is 0 Å². The van der Waals surface area contributed by atoms with Crippen molar-refractivity contribution in [2.24, 2.45) is 5.92 Å². The molecule has 2 amide bonds. The standard InChI is InChI=1S/C14H19BrN2O2/c1-10(2)13-9-17(6-7-19-13)14(18)16-12-5-3-4-11(15)8-12/h3-5,8,10,13H,6-7,9H2,1-2H3,(H,16,18). The van der Waals surface area contributed by atoms with Gasteiger partial charge in [0.2, 0.25) is 0 Å². The molecule has 1 aliphatic rings. The molecule has 5 heteroatoms. The third-order valence-corrected chi connectivity index (χ3v) is 3.69. The zero-order valence-electron chi connectivity index (χ0n) is 11.2. The summed E-state index contributed by atoms with van der Waals surface area (Å²) in [6, 6.07) is 7.53. The van der Waals surface area contributed by atoms with Crippen molar-refractivity contribution in [3.63, 3.8) is 0 Å². The first-order valence-electron chi connectivity index (χ1n) is 6.49. The van der Waals surface area contributed by atoms with E-state index in [2.05, 4.69) is 35.1 Å². The van der Waals surface area contributed by atoms with Gasteiger partial charge in [-0.1, -0.05) is 35.8 Å². The topological polar surface area (TPSA) is 41.6 Å². The number of carbonyl (C=O) groups is 1. The number of hydrogen-bond donors (Lipinski definition) is 1. The van der Waals surface area contributed by atoms with Crippen molar-refractivity contribution >= 4 is 27.6 Å². The lowest BCUT2D eigenvalue weighted by atomic mass is 10.1. The van der Waals surface area contributed by atoms with E-state index in [1.165, 1.54) is 0 Å². The van der Waals surface area contributed by atoms with E-state index < -0.39 is 0 Å². The molecular formula is C14H19BrN2O2. The Morgan fingerprint density at radius 2 is 2.32 bits per heavy atom. The van der Waals surface area contributed by atoms with Crippen LogP contribution >= 0.6 is 15.9 Å². The lowest BCUT2D eigenvalue weighted by molar-refractivity contribution is -0.0354. The van der Waals surface area contributed by atoms with Gasteiger partial charge in [0.25, 0.3) is 0 Å². The molecule has 0 aromatic heterocycles. The Kier molecular flexibility index (Phi) is 4.82. The molecule has 0 spiro atoms. The van der Waals surface area contributed by atoms with Crippen LogP contribution in [-0.2, 0) is 4.74 Å². The van der Waals surface area contributed by atoms with Gasteiger partial charge in [-0.3, -0.25) is 0 Å². The van der Waals surface area contributed by atoms with Crippen LogP contribution in [0.15, 0.2) is 28.7 Å². The van der Waals surface area contributed by atoms with Gasteiger partial charge in [0, 0.05) is 23.2 Å². The van der Waals surface area contributed by atoms with E-state index in [9.17, 15) is 4.79 Å². The molecule has 4 nitrogen and oxygen atoms in total. The molecule has 0 radical (unpaired) electrons. The van der Waals surface area contributed by atoms with E-state index in [1.807, 2.05) is 29.2 Å². The van der Waals surface area contributed by atoms with Gasteiger partial charge in [-0.15, -0.1) is 0 Å². The second kappa shape index (κ2) is 6.39. The van der Waals surface area contributed by atoms with E-state index in [4.69, 9.17) is 4.74 Å². The highest BCUT2D eigenvalue weighted by molar-refractivity contribution is 9.10. The number of halogens is 1. The van der Waals surface area contributed by atoms with Crippen LogP contribution in [0.4, 0.5) is 10.5 Å². The molecule has 1 fully saturated rings. The summed E-state index contributed by atoms with van der Waals surface area (Å²) in [6.07, 6.45) is 0.127. The zero-order valence-corrected chi connectivity index (χ0v) is 12.8. The van der Waals surface area contributed by atoms with Crippen LogP contribution < -0.4 is 5.32 Å². The summed E-state index contributed by atoms with van der Waals surface area (Å²) < 4.78 is 6.61. The average molecular weight is 327 g/mol. The number of carbonyl (C=O) groups excluding carboxylic acids is 1. The van der Waals surface area contributed by atoms with Crippen molar-refractivity contribution < 1.29 is 9.53 Å². The number of morpholine rings is 1. The van der Waals surface area contributed by atoms with Crippen molar-refractivity contribution in [3.05, 3.63) is 28.7 Å². The second-order valence-corrected chi connectivity index (χ2v) is 5.96. The van der Waals surface area contributed by atoms with Crippen molar-refractivity contribution in [1.29, 1.82) is 0 Å². The predicted octanol–water partition coefficient (Wildman–Crippen LogP) is 3.34. The van der Waals surface area contributed by atoms with Crippen molar-refractivity contribution in [2.45, 2.75) is 20.0 Å². The molecule has 0 bridgehead atoms. The normalized spacial score (nSPS) is 19.6. The van der Waals surface area contributed by atoms with Crippen LogP contribution in [0.3, 0.4) is 0 Å². The van der Waals surface area contributed by atoms with Crippen molar-refractivity contribution in [3.8, 4) is 0 Å². The molecular weight excluding hydrogens is 308 g/mol. The van der Waals surface area contributed by atoms with Gasteiger partial charge in [-0.2, -0.15) is 0 Å². The number of benzene rings is 1. The molecule has 1 N–H and O–H groups in total. The molecule has 1 saturated heterocycles. The molecule has 1 unspecified atom stereocenters. The Hall–Kier alpha value is -1.07. The number of amides is 2. The minimum atomic E-state index is -0.0629. The monoisotopic (exact) mass is 326 g/mol. The largest absolute Gasteiger partial charge is 0.374 e. The average Bonchev–Trinajstić information content (AvgIpc) is 2.39. The highest BCUT2D eigenvalue weighted by Crippen LogP contribution is 2.18. The molecule has 19 heavy (non-hydrogen) atoms. The smallest absolute Gasteiger partial charge is 0.322 e. The molecule has 1 aromatic carbocycles. The maximum atomic E-state index is 12.2. The Morgan fingerprint density at radius 1 is 1.53 bits per heavy atom. The Balaban J connectivity index is 1.96. The molecule has 104 valence electrons. The van der Waals surface area contributed by atoms with E-state index in [0.29, 0.717) is 25.6 Å². The Bertz CT molecular complexity index is 451. The van der Waals surface area contributed by atoms with Crippen molar-refractivity contribution in [1.82, 2.24) is 4.90 Å². The highest BCUT2D eigenvalue weighted by Gasteiger charge is 2.26. The number of hydrogen-bond acceptors (Lipinski definition) is 2. The summed E-state index contributed by atoms with van der Waals surface area (Å²) in [5.41, 5.74) is 0.798. The minimum absolute atomic E-state index is 0.0629. The number of anilines is 1. The lowest BCUT2D eigenvalue weighted by Gasteiger charge is -2.34. The van der Waals surface area contributed by atoms with E-state index in [0.717, 1.165) is 10.2 Å². The molecule has 1 heterocycles. The number of ether oxygens (including phenoxy) is 1. The highest BCUT2D eigenvalue weighted by atomic mass is 79.9. The molecule has 1 atom stereocenters. The van der Waals surface area contributed by atoms with Gasteiger partial charge in [0.15, 0.2) is 0 Å². The van der Waals surface area contributed by atoms with Gasteiger partial charge < -0.3 is 15.0 Å². The fraction of sp³-hybridized carbons (Fsp3) is 0.500. The predicted molar refractivity (Wildman–Crippen MR) is 79.3 cm³/mol. The number of nitrogens with one attached hydrogen (secondary N) is 1. The fourth-order valence-electron chi connectivity index (χ4n) is 2.03.